The molecule has 0 aliphatic carbocycles. The number of rotatable bonds is 14. The molecule has 0 fully saturated rings. The van der Waals surface area contributed by atoms with Crippen molar-refractivity contribution in [2.75, 3.05) is 0 Å². The van der Waals surface area contributed by atoms with E-state index in [0.29, 0.717) is 55.3 Å². The lowest BCUT2D eigenvalue weighted by Gasteiger charge is -2.10. The van der Waals surface area contributed by atoms with Gasteiger partial charge in [0.25, 0.3) is 5.91 Å². The van der Waals surface area contributed by atoms with Crippen molar-refractivity contribution >= 4 is 49.9 Å². The maximum absolute atomic E-state index is 12.4. The van der Waals surface area contributed by atoms with Gasteiger partial charge in [-0.3, -0.25) is 25.0 Å². The van der Waals surface area contributed by atoms with Crippen LogP contribution in [0.15, 0.2) is 95.4 Å². The largest absolute Gasteiger partial charge is 0.378 e. The first kappa shape index (κ1) is 34.3. The Morgan fingerprint density at radius 3 is 1.89 bits per heavy atom. The molecule has 0 aliphatic heterocycles. The van der Waals surface area contributed by atoms with Gasteiger partial charge in [-0.05, 0) is 83.6 Å². The molecule has 1 amide bonds. The number of carbonyl (C=O) groups excluding carboxylic acids is 1. The molecule has 4 rings (SSSR count). The van der Waals surface area contributed by atoms with E-state index >= 15 is 0 Å². The third-order valence-corrected chi connectivity index (χ3v) is 8.10. The van der Waals surface area contributed by atoms with Gasteiger partial charge in [-0.15, -0.1) is 0 Å². The molecular weight excluding hydrogens is 621 g/mol. The van der Waals surface area contributed by atoms with Crippen molar-refractivity contribution in [1.82, 2.24) is 19.6 Å². The quantitative estimate of drug-likeness (QED) is 0.0745. The van der Waals surface area contributed by atoms with Crippen LogP contribution >= 0.6 is 23.5 Å². The van der Waals surface area contributed by atoms with Crippen LogP contribution in [0.2, 0.25) is 0 Å². The Balaban J connectivity index is 1.11. The van der Waals surface area contributed by atoms with Gasteiger partial charge in [-0.1, -0.05) is 48.5 Å². The molecule has 1 unspecified atom stereocenters. The van der Waals surface area contributed by atoms with Gasteiger partial charge in [0, 0.05) is 31.2 Å². The van der Waals surface area contributed by atoms with Crippen molar-refractivity contribution in [2.45, 2.75) is 57.8 Å². The number of aliphatic imine (C=N–C) groups is 2. The number of nitrogens with zero attached hydrogens (tertiary/aromatic N) is 6. The van der Waals surface area contributed by atoms with Crippen molar-refractivity contribution in [3.05, 3.63) is 108 Å². The average Bonchev–Trinajstić information content (AvgIpc) is 3.70. The van der Waals surface area contributed by atoms with Gasteiger partial charge in [0.2, 0.25) is 0 Å². The van der Waals surface area contributed by atoms with Gasteiger partial charge in [-0.2, -0.15) is 15.2 Å². The van der Waals surface area contributed by atoms with Crippen molar-refractivity contribution in [1.29, 1.82) is 10.8 Å². The van der Waals surface area contributed by atoms with E-state index in [9.17, 15) is 9.90 Å². The van der Waals surface area contributed by atoms with E-state index in [1.165, 1.54) is 0 Å². The number of hydrogen-bond donors (Lipinski definition) is 5. The maximum Gasteiger partial charge on any atom is 0.252 e. The second-order valence-corrected chi connectivity index (χ2v) is 12.7. The molecule has 2 aromatic carbocycles. The van der Waals surface area contributed by atoms with Crippen LogP contribution in [0.25, 0.3) is 0 Å². The molecule has 0 saturated heterocycles. The summed E-state index contributed by atoms with van der Waals surface area (Å²) in [5.41, 5.74) is 15.8. The van der Waals surface area contributed by atoms with Gasteiger partial charge < -0.3 is 16.6 Å². The third kappa shape index (κ3) is 12.5. The molecule has 46 heavy (non-hydrogen) atoms. The van der Waals surface area contributed by atoms with Gasteiger partial charge in [-0.25, -0.2) is 4.99 Å². The molecule has 0 aliphatic rings. The zero-order valence-corrected chi connectivity index (χ0v) is 27.0. The predicted molar refractivity (Wildman–Crippen MR) is 186 cm³/mol. The number of hydrogen-bond acceptors (Lipinski definition) is 9. The molecule has 0 radical (unpaired) electrons. The number of unbranched alkanes of at least 4 members (excludes halogenated alkanes) is 1. The SMILES string of the molecule is N=C(CCCCC(=N)SC(N)=NC(O)Cc1cccc(Cn2cccn2)c1)SC(N)=NC(=O)Cc1cccc(Cn2cccn2)c1. The summed E-state index contributed by atoms with van der Waals surface area (Å²) in [6.07, 6.45) is 8.87. The monoisotopic (exact) mass is 658 g/mol. The number of nitrogens with two attached hydrogens (primary N) is 2. The Hall–Kier alpha value is -4.53. The molecule has 240 valence electrons. The second-order valence-electron chi connectivity index (χ2n) is 10.5. The minimum absolute atomic E-state index is 0.0400. The first-order valence-corrected chi connectivity index (χ1v) is 16.3. The van der Waals surface area contributed by atoms with E-state index in [1.54, 1.807) is 12.4 Å². The number of carbonyl (C=O) groups is 1. The van der Waals surface area contributed by atoms with Crippen LogP contribution in [0.1, 0.15) is 47.9 Å². The number of aliphatic hydroxyl groups excluding tert-OH is 1. The first-order valence-electron chi connectivity index (χ1n) is 14.7. The number of amidine groups is 2. The fourth-order valence-corrected chi connectivity index (χ4v) is 5.89. The van der Waals surface area contributed by atoms with Crippen LogP contribution in [0.4, 0.5) is 0 Å². The zero-order valence-electron chi connectivity index (χ0n) is 25.3. The Morgan fingerprint density at radius 1 is 0.804 bits per heavy atom. The molecule has 0 saturated carbocycles. The third-order valence-electron chi connectivity index (χ3n) is 6.59. The number of aliphatic hydroxyl groups is 1. The van der Waals surface area contributed by atoms with E-state index in [2.05, 4.69) is 20.2 Å². The molecule has 2 aromatic heterocycles. The number of benzene rings is 2. The molecular formula is C32H38N10O2S2. The lowest BCUT2D eigenvalue weighted by atomic mass is 10.1. The van der Waals surface area contributed by atoms with Crippen molar-refractivity contribution < 1.29 is 9.90 Å². The van der Waals surface area contributed by atoms with Crippen molar-refractivity contribution in [3.63, 3.8) is 0 Å². The number of aromatic nitrogens is 4. The number of thioether (sulfide) groups is 2. The lowest BCUT2D eigenvalue weighted by Crippen LogP contribution is -2.17. The molecule has 7 N–H and O–H groups in total. The molecule has 2 heterocycles. The van der Waals surface area contributed by atoms with Crippen LogP contribution in [-0.2, 0) is 30.7 Å². The lowest BCUT2D eigenvalue weighted by molar-refractivity contribution is -0.117. The summed E-state index contributed by atoms with van der Waals surface area (Å²) in [4.78, 5) is 20.5. The maximum atomic E-state index is 12.4. The Kier molecular flexibility index (Phi) is 13.3. The summed E-state index contributed by atoms with van der Waals surface area (Å²) in [5.74, 6) is -0.372. The molecule has 0 spiro atoms. The van der Waals surface area contributed by atoms with Crippen LogP contribution < -0.4 is 11.5 Å². The van der Waals surface area contributed by atoms with E-state index in [4.69, 9.17) is 22.3 Å². The normalized spacial score (nSPS) is 12.6. The minimum atomic E-state index is -1.02. The number of nitrogens with one attached hydrogen (secondary N) is 2. The highest BCUT2D eigenvalue weighted by molar-refractivity contribution is 8.26. The summed E-state index contributed by atoms with van der Waals surface area (Å²) in [6, 6.07) is 19.3. The van der Waals surface area contributed by atoms with Crippen LogP contribution in [0.5, 0.6) is 0 Å². The summed E-state index contributed by atoms with van der Waals surface area (Å²) in [5, 5.41) is 36.0. The van der Waals surface area contributed by atoms with Crippen molar-refractivity contribution in [3.8, 4) is 0 Å². The molecule has 14 heteroatoms. The van der Waals surface area contributed by atoms with E-state index in [0.717, 1.165) is 45.8 Å². The van der Waals surface area contributed by atoms with Crippen LogP contribution in [-0.4, -0.2) is 57.2 Å². The standard InChI is InChI=1S/C32H38N10O2S2/c33-27(45-31(35)39-29(43)19-23-7-3-9-25(17-23)21-41-15-5-13-37-41)11-1-2-12-28(34)46-32(36)40-30(44)20-24-8-4-10-26(18-24)22-42-16-6-14-38-42/h3-10,13-18,29,33-34,43H,1-2,11-12,19-22H2,(H2,35,39)(H2,36,40,44). The Morgan fingerprint density at radius 2 is 1.33 bits per heavy atom. The van der Waals surface area contributed by atoms with E-state index in [1.807, 2.05) is 82.4 Å². The average molecular weight is 659 g/mol. The predicted octanol–water partition coefficient (Wildman–Crippen LogP) is 4.42. The van der Waals surface area contributed by atoms with Crippen LogP contribution in [0.3, 0.4) is 0 Å². The molecule has 0 bridgehead atoms. The van der Waals surface area contributed by atoms with Gasteiger partial charge in [0.15, 0.2) is 16.6 Å². The first-order chi connectivity index (χ1) is 22.2. The summed E-state index contributed by atoms with van der Waals surface area (Å²) in [6.45, 7) is 1.25. The summed E-state index contributed by atoms with van der Waals surface area (Å²) >= 11 is 1.99. The number of amides is 1. The van der Waals surface area contributed by atoms with Crippen molar-refractivity contribution in [2.24, 2.45) is 21.5 Å². The highest BCUT2D eigenvalue weighted by atomic mass is 32.2. The fraction of sp³-hybridized carbons (Fsp3) is 0.281. The zero-order chi connectivity index (χ0) is 32.7. The summed E-state index contributed by atoms with van der Waals surface area (Å²) < 4.78 is 3.64. The van der Waals surface area contributed by atoms with Gasteiger partial charge in [0.05, 0.1) is 29.6 Å². The smallest absolute Gasteiger partial charge is 0.252 e. The van der Waals surface area contributed by atoms with E-state index in [-0.39, 0.29) is 22.7 Å². The van der Waals surface area contributed by atoms with Crippen LogP contribution in [0, 0.1) is 10.8 Å². The molecule has 1 atom stereocenters. The summed E-state index contributed by atoms with van der Waals surface area (Å²) in [7, 11) is 0. The topological polar surface area (TPSA) is 197 Å². The van der Waals surface area contributed by atoms with Gasteiger partial charge in [0.1, 0.15) is 0 Å². The highest BCUT2D eigenvalue weighted by Crippen LogP contribution is 2.16. The second kappa shape index (κ2) is 17.8. The Bertz CT molecular complexity index is 1650. The fourth-order valence-electron chi connectivity index (χ4n) is 4.57. The molecule has 4 aromatic rings. The highest BCUT2D eigenvalue weighted by Gasteiger charge is 2.10. The van der Waals surface area contributed by atoms with Gasteiger partial charge >= 0.3 is 0 Å². The molecule has 12 nitrogen and oxygen atoms in total. The minimum Gasteiger partial charge on any atom is -0.378 e. The Labute approximate surface area is 276 Å². The van der Waals surface area contributed by atoms with E-state index < -0.39 is 6.23 Å².